The van der Waals surface area contributed by atoms with Gasteiger partial charge in [0.25, 0.3) is 23.3 Å². The fourth-order valence-electron chi connectivity index (χ4n) is 9.60. The minimum absolute atomic E-state index is 0. The van der Waals surface area contributed by atoms with Crippen LogP contribution < -0.4 is 67.9 Å². The van der Waals surface area contributed by atoms with Crippen molar-refractivity contribution < 1.29 is 67.9 Å². The van der Waals surface area contributed by atoms with Crippen LogP contribution in [-0.4, -0.2) is 38.2 Å². The number of imidazole rings is 4. The van der Waals surface area contributed by atoms with Crippen LogP contribution >= 0.6 is 0 Å². The van der Waals surface area contributed by atoms with Crippen LogP contribution in [0.15, 0.2) is 24.3 Å². The molecule has 9 rings (SSSR count). The topological polar surface area (TPSA) is 92.6 Å². The van der Waals surface area contributed by atoms with Crippen molar-refractivity contribution in [1.82, 2.24) is 38.2 Å². The van der Waals surface area contributed by atoms with Crippen molar-refractivity contribution in [1.29, 1.82) is 0 Å². The van der Waals surface area contributed by atoms with Gasteiger partial charge in [-0.2, -0.15) is 0 Å². The molecule has 0 saturated heterocycles. The number of hydrogen-bond donors (Lipinski definition) is 2. The van der Waals surface area contributed by atoms with Gasteiger partial charge in [0.15, 0.2) is 0 Å². The summed E-state index contributed by atoms with van der Waals surface area (Å²) < 4.78 is 18.3. The van der Waals surface area contributed by atoms with E-state index in [9.17, 15) is 0 Å². The Balaban J connectivity index is 0.00000193. The number of nitrogens with zero attached hydrogens (tertiary/aromatic N) is 10. The minimum atomic E-state index is 0. The summed E-state index contributed by atoms with van der Waals surface area (Å²) >= 11 is 0. The lowest BCUT2D eigenvalue weighted by molar-refractivity contribution is -0.666. The Morgan fingerprint density at radius 1 is 0.359 bits per heavy atom. The molecule has 2 aliphatic heterocycles. The highest BCUT2D eigenvalue weighted by Crippen LogP contribution is 2.38. The Morgan fingerprint density at radius 2 is 0.547 bits per heavy atom. The Hall–Kier alpha value is -5.40. The second-order valence-corrected chi connectivity index (χ2v) is 17.0. The molecule has 0 atom stereocenters. The third-order valence-corrected chi connectivity index (χ3v) is 14.3. The molecule has 0 radical (unpaired) electrons. The molecule has 0 spiro atoms. The van der Waals surface area contributed by atoms with Gasteiger partial charge in [0.05, 0.1) is 101 Å². The molecular weight excluding hydrogens is 886 g/mol. The van der Waals surface area contributed by atoms with Crippen LogP contribution in [0.2, 0.25) is 0 Å². The number of aromatic nitrogens is 12. The van der Waals surface area contributed by atoms with Crippen molar-refractivity contribution in [3.8, 4) is 45.6 Å². The van der Waals surface area contributed by atoms with Crippen LogP contribution in [0.3, 0.4) is 0 Å². The predicted octanol–water partition coefficient (Wildman–Crippen LogP) is -5.54. The molecule has 0 saturated carbocycles. The van der Waals surface area contributed by atoms with Crippen LogP contribution in [0.5, 0.6) is 0 Å². The maximum Gasteiger partial charge on any atom is 0.293 e. The Labute approximate surface area is 400 Å². The molecule has 9 heterocycles. The third-order valence-electron chi connectivity index (χ3n) is 14.3. The number of hydrogen-bond acceptors (Lipinski definition) is 2. The standard InChI is InChI=1S/C48H57N12.4ClH/c1-25-26(2)54(10)45(53(25)9)41-33-17-19-35(49-33)42(46-55(11)27(3)28(4)56(46)12)37-21-23-39(51-37)44(48-59(15)31(7)32(8)60(48)16)40-24-22-38(52-40)43(36-20-18-34(41)50-36)47-57(13)29(5)30(6)58(47)14;;;;/h17-24H,1-16H3,(H,49,50,51,52);4*1H/q+3;;;;/p-3. The van der Waals surface area contributed by atoms with Crippen LogP contribution in [0, 0.1) is 55.4 Å². The molecule has 8 bridgehead atoms. The number of rotatable bonds is 4. The van der Waals surface area contributed by atoms with E-state index in [4.69, 9.17) is 9.97 Å². The summed E-state index contributed by atoms with van der Waals surface area (Å²) in [5.41, 5.74) is 21.1. The first-order chi connectivity index (χ1) is 28.4. The molecule has 2 N–H and O–H groups in total. The zero-order valence-electron chi connectivity index (χ0n) is 39.6. The van der Waals surface area contributed by atoms with Crippen molar-refractivity contribution in [2.24, 2.45) is 56.4 Å². The predicted molar refractivity (Wildman–Crippen MR) is 239 cm³/mol. The van der Waals surface area contributed by atoms with E-state index < -0.39 is 0 Å². The van der Waals surface area contributed by atoms with E-state index in [2.05, 4.69) is 207 Å². The largest absolute Gasteiger partial charge is 1.00 e. The monoisotopic (exact) mass is 942 g/mol. The normalized spacial score (nSPS) is 11.8. The van der Waals surface area contributed by atoms with Crippen molar-refractivity contribution >= 4 is 46.4 Å². The molecule has 12 nitrogen and oxygen atoms in total. The minimum Gasteiger partial charge on any atom is -1.00 e. The van der Waals surface area contributed by atoms with Gasteiger partial charge in [0.2, 0.25) is 0 Å². The molecule has 0 fully saturated rings. The molecule has 0 aromatic carbocycles. The number of nitrogens with one attached hydrogen (secondary N) is 2. The number of H-pyrrole nitrogens is 2. The first-order valence-electron chi connectivity index (χ1n) is 20.7. The van der Waals surface area contributed by atoms with Crippen LogP contribution in [-0.2, 0) is 56.4 Å². The van der Waals surface area contributed by atoms with E-state index in [-0.39, 0.29) is 49.6 Å². The third kappa shape index (κ3) is 6.96. The number of aromatic amines is 2. The molecule has 0 amide bonds. The molecule has 338 valence electrons. The van der Waals surface area contributed by atoms with Gasteiger partial charge in [0.1, 0.15) is 67.8 Å². The van der Waals surface area contributed by atoms with Gasteiger partial charge in [-0.15, -0.1) is 0 Å². The summed E-state index contributed by atoms with van der Waals surface area (Å²) in [4.78, 5) is 19.1. The lowest BCUT2D eigenvalue weighted by atomic mass is 10.1. The van der Waals surface area contributed by atoms with Gasteiger partial charge in [-0.05, 0) is 48.6 Å². The average molecular weight is 945 g/mol. The summed E-state index contributed by atoms with van der Waals surface area (Å²) in [6.45, 7) is 17.5. The summed E-state index contributed by atoms with van der Waals surface area (Å²) in [6.07, 6.45) is 8.72. The van der Waals surface area contributed by atoms with E-state index in [0.717, 1.165) is 90.4 Å². The highest BCUT2D eigenvalue weighted by molar-refractivity contribution is 5.97. The Bertz CT molecular complexity index is 2760. The van der Waals surface area contributed by atoms with E-state index >= 15 is 0 Å². The second kappa shape index (κ2) is 17.5. The van der Waals surface area contributed by atoms with Crippen LogP contribution in [0.25, 0.3) is 91.9 Å². The zero-order valence-corrected chi connectivity index (χ0v) is 42.6. The maximum absolute atomic E-state index is 5.61. The lowest BCUT2D eigenvalue weighted by Gasteiger charge is -2.05. The quantitative estimate of drug-likeness (QED) is 0.173. The molecule has 0 aliphatic carbocycles. The average Bonchev–Trinajstić information content (AvgIpc) is 4.13. The van der Waals surface area contributed by atoms with Crippen molar-refractivity contribution in [3.05, 3.63) is 92.6 Å². The summed E-state index contributed by atoms with van der Waals surface area (Å²) in [6, 6.07) is 8.83. The first kappa shape index (κ1) is 49.6. The van der Waals surface area contributed by atoms with Gasteiger partial charge in [-0.3, -0.25) is 0 Å². The van der Waals surface area contributed by atoms with E-state index in [0.29, 0.717) is 0 Å². The number of fused-ring (bicyclic) bond motifs is 8. The van der Waals surface area contributed by atoms with Crippen LogP contribution in [0.1, 0.15) is 68.3 Å². The van der Waals surface area contributed by atoms with Crippen molar-refractivity contribution in [2.45, 2.75) is 55.4 Å². The fraction of sp³-hybridized carbons (Fsp3) is 0.333. The van der Waals surface area contributed by atoms with Crippen LogP contribution in [0.4, 0.5) is 0 Å². The first-order valence-corrected chi connectivity index (χ1v) is 20.7. The SMILES string of the molecule is Cc1c(C)[n+](C)c(-c2c3nc(c(-c4n(C)c(C)c(C)[n+]4C)c4ccc([nH]4)c(-c4n(C)c(C)c(C)[n+]4C)c4nc(c(-c5n(C)c(C)c(C)[n+]5C)c5ccc2[nH]5)C=C4)C=C3)n1C.[Cl-].[Cl-].[Cl-].[Cl-]. The molecule has 16 heteroatoms. The fourth-order valence-corrected chi connectivity index (χ4v) is 9.60. The Morgan fingerprint density at radius 3 is 0.703 bits per heavy atom. The smallest absolute Gasteiger partial charge is 0.293 e. The van der Waals surface area contributed by atoms with E-state index in [1.165, 1.54) is 45.6 Å². The summed E-state index contributed by atoms with van der Waals surface area (Å²) in [7, 11) is 17.2. The van der Waals surface area contributed by atoms with E-state index in [1.807, 2.05) is 0 Å². The molecule has 0 unspecified atom stereocenters. The van der Waals surface area contributed by atoms with Gasteiger partial charge < -0.3 is 59.6 Å². The van der Waals surface area contributed by atoms with Gasteiger partial charge in [-0.1, -0.05) is 0 Å². The highest BCUT2D eigenvalue weighted by atomic mass is 35.5. The molecule has 7 aromatic rings. The van der Waals surface area contributed by atoms with E-state index in [1.54, 1.807) is 0 Å². The van der Waals surface area contributed by atoms with Gasteiger partial charge in [-0.25, -0.2) is 46.5 Å². The molecule has 2 aliphatic rings. The second-order valence-electron chi connectivity index (χ2n) is 17.0. The summed E-state index contributed by atoms with van der Waals surface area (Å²) in [5.74, 6) is 4.26. The maximum atomic E-state index is 5.61. The van der Waals surface area contributed by atoms with Gasteiger partial charge >= 0.3 is 0 Å². The lowest BCUT2D eigenvalue weighted by Crippen LogP contribution is -3.00. The van der Waals surface area contributed by atoms with Crippen molar-refractivity contribution in [3.63, 3.8) is 0 Å². The zero-order chi connectivity index (χ0) is 43.0. The summed E-state index contributed by atoms with van der Waals surface area (Å²) in [5, 5.41) is 0. The Kier molecular flexibility index (Phi) is 13.6. The molecule has 64 heavy (non-hydrogen) atoms. The van der Waals surface area contributed by atoms with Gasteiger partial charge in [0, 0.05) is 55.4 Å². The molecule has 7 aromatic heterocycles. The number of halogens is 4. The molecular formula is C48H58Cl4N12. The highest BCUT2D eigenvalue weighted by Gasteiger charge is 2.33. The van der Waals surface area contributed by atoms with Crippen molar-refractivity contribution in [2.75, 3.05) is 0 Å².